The molecule has 1 aromatic heterocycles. The first-order valence-electron chi connectivity index (χ1n) is 10.1. The van der Waals surface area contributed by atoms with E-state index in [1.54, 1.807) is 14.0 Å². The van der Waals surface area contributed by atoms with E-state index in [-0.39, 0.29) is 16.6 Å². The molecule has 0 bridgehead atoms. The Kier molecular flexibility index (Phi) is 5.22. The molecular formula is C21H28N2O4S. The summed E-state index contributed by atoms with van der Waals surface area (Å²) in [4.78, 5) is 15.9. The van der Waals surface area contributed by atoms with E-state index in [0.717, 1.165) is 56.4 Å². The average molecular weight is 405 g/mol. The molecule has 0 radical (unpaired) electrons. The number of aryl methyl sites for hydroxylation is 1. The molecule has 1 fully saturated rings. The van der Waals surface area contributed by atoms with E-state index in [2.05, 4.69) is 10.3 Å². The third-order valence-corrected chi connectivity index (χ3v) is 8.19. The number of ether oxygens (including phenoxy) is 1. The summed E-state index contributed by atoms with van der Waals surface area (Å²) in [6.45, 7) is 3.31. The number of aromatic nitrogens is 1. The zero-order valence-electron chi connectivity index (χ0n) is 16.5. The van der Waals surface area contributed by atoms with Crippen LogP contribution in [0.5, 0.6) is 0 Å². The second kappa shape index (κ2) is 7.52. The van der Waals surface area contributed by atoms with E-state index in [0.29, 0.717) is 22.9 Å². The molecule has 2 aliphatic rings. The number of sulfone groups is 1. The van der Waals surface area contributed by atoms with Crippen LogP contribution >= 0.6 is 0 Å². The predicted molar refractivity (Wildman–Crippen MR) is 108 cm³/mol. The number of benzene rings is 1. The van der Waals surface area contributed by atoms with Gasteiger partial charge in [-0.15, -0.1) is 0 Å². The van der Waals surface area contributed by atoms with Gasteiger partial charge >= 0.3 is 0 Å². The molecule has 4 rings (SSSR count). The highest BCUT2D eigenvalue weighted by Gasteiger charge is 2.31. The van der Waals surface area contributed by atoms with E-state index in [9.17, 15) is 13.2 Å². The molecule has 2 heterocycles. The van der Waals surface area contributed by atoms with Gasteiger partial charge in [0.15, 0.2) is 9.84 Å². The molecule has 1 atom stereocenters. The topological polar surface area (TPSA) is 88.3 Å². The molecule has 0 spiro atoms. The fourth-order valence-corrected chi connectivity index (χ4v) is 5.87. The lowest BCUT2D eigenvalue weighted by Gasteiger charge is -2.33. The molecule has 28 heavy (non-hydrogen) atoms. The number of nitrogens with one attached hydrogen (secondary N) is 2. The monoisotopic (exact) mass is 404 g/mol. The Labute approximate surface area is 166 Å². The maximum atomic E-state index is 12.7. The van der Waals surface area contributed by atoms with Crippen LogP contribution in [0.3, 0.4) is 0 Å². The first-order valence-corrected chi connectivity index (χ1v) is 11.8. The lowest BCUT2D eigenvalue weighted by Crippen LogP contribution is -2.27. The van der Waals surface area contributed by atoms with Gasteiger partial charge in [-0.1, -0.05) is 6.92 Å². The number of H-pyrrole nitrogens is 1. The van der Waals surface area contributed by atoms with Crippen LogP contribution in [0.15, 0.2) is 17.0 Å². The zero-order valence-corrected chi connectivity index (χ0v) is 17.3. The molecule has 6 nitrogen and oxygen atoms in total. The predicted octanol–water partition coefficient (Wildman–Crippen LogP) is 2.85. The highest BCUT2D eigenvalue weighted by Crippen LogP contribution is 2.39. The molecule has 1 unspecified atom stereocenters. The first kappa shape index (κ1) is 19.5. The molecule has 0 saturated carbocycles. The van der Waals surface area contributed by atoms with Gasteiger partial charge < -0.3 is 15.0 Å². The quantitative estimate of drug-likeness (QED) is 0.820. The third kappa shape index (κ3) is 3.35. The first-order chi connectivity index (χ1) is 13.4. The van der Waals surface area contributed by atoms with Crippen LogP contribution in [-0.4, -0.2) is 45.3 Å². The highest BCUT2D eigenvalue weighted by molar-refractivity contribution is 7.91. The molecule has 1 aliphatic carbocycles. The Morgan fingerprint density at radius 2 is 1.96 bits per heavy atom. The van der Waals surface area contributed by atoms with Crippen molar-refractivity contribution in [2.75, 3.05) is 26.0 Å². The minimum Gasteiger partial charge on any atom is -0.381 e. The number of fused-ring (bicyclic) bond motifs is 3. The molecule has 7 heteroatoms. The largest absolute Gasteiger partial charge is 0.381 e. The minimum absolute atomic E-state index is 0.00762. The van der Waals surface area contributed by atoms with E-state index in [1.807, 2.05) is 6.07 Å². The van der Waals surface area contributed by atoms with Crippen LogP contribution in [0.25, 0.3) is 10.9 Å². The molecule has 2 aromatic rings. The van der Waals surface area contributed by atoms with Crippen molar-refractivity contribution in [2.45, 2.75) is 43.9 Å². The fraction of sp³-hybridized carbons (Fsp3) is 0.571. The van der Waals surface area contributed by atoms with Gasteiger partial charge in [0.2, 0.25) is 0 Å². The van der Waals surface area contributed by atoms with Gasteiger partial charge in [0.1, 0.15) is 0 Å². The number of carbonyl (C=O) groups excluding carboxylic acids is 1. The Balaban J connectivity index is 1.83. The SMILES string of the molecule is CCS(=O)(=O)c1cc(C(=O)NC)cc2c3c([nH]c12)CCC(C1CCOCC1)C3. The van der Waals surface area contributed by atoms with Crippen molar-refractivity contribution in [3.05, 3.63) is 29.0 Å². The molecular weight excluding hydrogens is 376 g/mol. The molecule has 1 aliphatic heterocycles. The summed E-state index contributed by atoms with van der Waals surface area (Å²) >= 11 is 0. The van der Waals surface area contributed by atoms with Gasteiger partial charge in [-0.05, 0) is 61.6 Å². The van der Waals surface area contributed by atoms with Crippen LogP contribution in [0.1, 0.15) is 47.8 Å². The summed E-state index contributed by atoms with van der Waals surface area (Å²) in [5.74, 6) is 0.993. The number of hydrogen-bond acceptors (Lipinski definition) is 4. The molecule has 152 valence electrons. The summed E-state index contributed by atoms with van der Waals surface area (Å²) in [7, 11) is -1.89. The van der Waals surface area contributed by atoms with Gasteiger partial charge in [0, 0.05) is 36.9 Å². The zero-order chi connectivity index (χ0) is 19.9. The summed E-state index contributed by atoms with van der Waals surface area (Å²) < 4.78 is 31.0. The summed E-state index contributed by atoms with van der Waals surface area (Å²) in [6.07, 6.45) is 5.17. The smallest absolute Gasteiger partial charge is 0.251 e. The number of amides is 1. The molecule has 1 saturated heterocycles. The van der Waals surface area contributed by atoms with Gasteiger partial charge in [-0.3, -0.25) is 4.79 Å². The Morgan fingerprint density at radius 3 is 2.64 bits per heavy atom. The molecule has 1 amide bonds. The van der Waals surface area contributed by atoms with Crippen LogP contribution < -0.4 is 5.32 Å². The maximum Gasteiger partial charge on any atom is 0.251 e. The highest BCUT2D eigenvalue weighted by atomic mass is 32.2. The van der Waals surface area contributed by atoms with Crippen molar-refractivity contribution in [1.82, 2.24) is 10.3 Å². The van der Waals surface area contributed by atoms with Crippen molar-refractivity contribution in [3.63, 3.8) is 0 Å². The van der Waals surface area contributed by atoms with Gasteiger partial charge in [-0.2, -0.15) is 0 Å². The summed E-state index contributed by atoms with van der Waals surface area (Å²) in [5.41, 5.74) is 3.38. The normalized spacial score (nSPS) is 20.9. The second-order valence-electron chi connectivity index (χ2n) is 7.91. The Hall–Kier alpha value is -1.86. The molecule has 2 N–H and O–H groups in total. The molecule has 1 aromatic carbocycles. The van der Waals surface area contributed by atoms with Crippen molar-refractivity contribution in [1.29, 1.82) is 0 Å². The van der Waals surface area contributed by atoms with Crippen LogP contribution in [0.4, 0.5) is 0 Å². The van der Waals surface area contributed by atoms with Crippen molar-refractivity contribution < 1.29 is 17.9 Å². The van der Waals surface area contributed by atoms with Crippen LogP contribution in [-0.2, 0) is 27.4 Å². The van der Waals surface area contributed by atoms with Crippen LogP contribution in [0, 0.1) is 11.8 Å². The summed E-state index contributed by atoms with van der Waals surface area (Å²) in [5, 5.41) is 3.51. The second-order valence-corrected chi connectivity index (χ2v) is 10.2. The fourth-order valence-electron chi connectivity index (χ4n) is 4.78. The van der Waals surface area contributed by atoms with Gasteiger partial charge in [0.25, 0.3) is 5.91 Å². The van der Waals surface area contributed by atoms with E-state index in [4.69, 9.17) is 4.74 Å². The van der Waals surface area contributed by atoms with E-state index < -0.39 is 9.84 Å². The van der Waals surface area contributed by atoms with Crippen molar-refractivity contribution >= 4 is 26.6 Å². The third-order valence-electron chi connectivity index (χ3n) is 6.44. The Bertz CT molecular complexity index is 1000. The maximum absolute atomic E-state index is 12.7. The van der Waals surface area contributed by atoms with Gasteiger partial charge in [0.05, 0.1) is 16.2 Å². The Morgan fingerprint density at radius 1 is 1.21 bits per heavy atom. The van der Waals surface area contributed by atoms with Crippen LogP contribution in [0.2, 0.25) is 0 Å². The number of hydrogen-bond donors (Lipinski definition) is 2. The number of aromatic amines is 1. The lowest BCUT2D eigenvalue weighted by atomic mass is 9.75. The average Bonchev–Trinajstić information content (AvgIpc) is 3.10. The van der Waals surface area contributed by atoms with E-state index in [1.165, 1.54) is 11.6 Å². The van der Waals surface area contributed by atoms with Gasteiger partial charge in [-0.25, -0.2) is 8.42 Å². The van der Waals surface area contributed by atoms with Crippen molar-refractivity contribution in [3.8, 4) is 0 Å². The van der Waals surface area contributed by atoms with E-state index >= 15 is 0 Å². The standard InChI is InChI=1S/C21H28N2O4S/c1-3-28(25,26)19-12-15(21(24)22-2)11-17-16-10-14(13-6-8-27-9-7-13)4-5-18(16)23-20(17)19/h11-14,23H,3-10H2,1-2H3,(H,22,24). The number of rotatable bonds is 4. The lowest BCUT2D eigenvalue weighted by molar-refractivity contribution is 0.0439. The van der Waals surface area contributed by atoms with Crippen molar-refractivity contribution in [2.24, 2.45) is 11.8 Å². The summed E-state index contributed by atoms with van der Waals surface area (Å²) in [6, 6.07) is 3.36. The number of carbonyl (C=O) groups is 1. The minimum atomic E-state index is -3.45.